The van der Waals surface area contributed by atoms with Crippen molar-refractivity contribution >= 4 is 40.5 Å². The molecule has 0 amide bonds. The van der Waals surface area contributed by atoms with Gasteiger partial charge in [-0.25, -0.2) is 9.78 Å². The number of ether oxygens (including phenoxy) is 1. The smallest absolute Gasteiger partial charge is 0.326 e. The van der Waals surface area contributed by atoms with E-state index in [0.717, 1.165) is 55.3 Å². The third-order valence-electron chi connectivity index (χ3n) is 5.67. The molecular weight excluding hydrogens is 444 g/mol. The summed E-state index contributed by atoms with van der Waals surface area (Å²) in [6.45, 7) is 8.52. The second kappa shape index (κ2) is 10.7. The molecular formula is C23H28N4O3S2. The van der Waals surface area contributed by atoms with Crippen LogP contribution in [0.15, 0.2) is 46.6 Å². The van der Waals surface area contributed by atoms with E-state index < -0.39 is 12.0 Å². The molecule has 0 bridgehead atoms. The van der Waals surface area contributed by atoms with Gasteiger partial charge >= 0.3 is 5.97 Å². The summed E-state index contributed by atoms with van der Waals surface area (Å²) in [6.07, 6.45) is 1.86. The van der Waals surface area contributed by atoms with Crippen molar-refractivity contribution in [2.45, 2.75) is 35.7 Å². The van der Waals surface area contributed by atoms with Crippen LogP contribution in [0.2, 0.25) is 0 Å². The molecule has 1 aliphatic rings. The summed E-state index contributed by atoms with van der Waals surface area (Å²) >= 11 is 3.40. The summed E-state index contributed by atoms with van der Waals surface area (Å²) in [5, 5.41) is 10.3. The lowest BCUT2D eigenvalue weighted by Gasteiger charge is -2.26. The topological polar surface area (TPSA) is 80.5 Å². The number of carboxylic acid groups (broad SMARTS) is 1. The van der Waals surface area contributed by atoms with Crippen molar-refractivity contribution in [2.24, 2.45) is 0 Å². The zero-order chi connectivity index (χ0) is 22.5. The number of fused-ring (bicyclic) bond motifs is 1. The number of para-hydroxylation sites is 2. The Morgan fingerprint density at radius 3 is 2.78 bits per heavy atom. The van der Waals surface area contributed by atoms with Gasteiger partial charge in [-0.15, -0.1) is 11.8 Å². The number of benzene rings is 1. The molecule has 0 aliphatic carbocycles. The highest BCUT2D eigenvalue weighted by Gasteiger charge is 2.21. The van der Waals surface area contributed by atoms with Gasteiger partial charge in [0.05, 0.1) is 29.9 Å². The summed E-state index contributed by atoms with van der Waals surface area (Å²) in [7, 11) is 0. The second-order valence-electron chi connectivity index (χ2n) is 7.74. The van der Waals surface area contributed by atoms with E-state index in [2.05, 4.69) is 22.9 Å². The van der Waals surface area contributed by atoms with Crippen molar-refractivity contribution in [3.8, 4) is 0 Å². The van der Waals surface area contributed by atoms with Gasteiger partial charge in [-0.2, -0.15) is 0 Å². The minimum atomic E-state index is -0.872. The molecule has 1 aliphatic heterocycles. The number of carboxylic acids is 1. The second-order valence-corrected chi connectivity index (χ2v) is 9.82. The van der Waals surface area contributed by atoms with E-state index in [1.54, 1.807) is 11.5 Å². The van der Waals surface area contributed by atoms with Crippen LogP contribution in [0.5, 0.6) is 0 Å². The lowest BCUT2D eigenvalue weighted by molar-refractivity contribution is -0.140. The van der Waals surface area contributed by atoms with Crippen LogP contribution in [0.25, 0.3) is 11.0 Å². The Balaban J connectivity index is 1.46. The van der Waals surface area contributed by atoms with Crippen LogP contribution < -0.4 is 0 Å². The quantitative estimate of drug-likeness (QED) is 0.466. The fourth-order valence-corrected chi connectivity index (χ4v) is 5.89. The molecule has 170 valence electrons. The number of rotatable bonds is 9. The Kier molecular flexibility index (Phi) is 7.72. The van der Waals surface area contributed by atoms with Gasteiger partial charge in [-0.05, 0) is 37.6 Å². The van der Waals surface area contributed by atoms with Crippen molar-refractivity contribution in [1.82, 2.24) is 19.4 Å². The molecule has 1 fully saturated rings. The maximum absolute atomic E-state index is 11.7. The molecule has 9 heteroatoms. The highest BCUT2D eigenvalue weighted by atomic mass is 32.2. The summed E-state index contributed by atoms with van der Waals surface area (Å²) in [5.41, 5.74) is 3.83. The largest absolute Gasteiger partial charge is 0.480 e. The van der Waals surface area contributed by atoms with Gasteiger partial charge in [0.25, 0.3) is 0 Å². The average molecular weight is 473 g/mol. The third kappa shape index (κ3) is 5.28. The summed E-state index contributed by atoms with van der Waals surface area (Å²) in [5.74, 6) is 0.797. The molecule has 0 saturated carbocycles. The van der Waals surface area contributed by atoms with Gasteiger partial charge in [-0.3, -0.25) is 9.88 Å². The van der Waals surface area contributed by atoms with E-state index in [1.807, 2.05) is 42.2 Å². The van der Waals surface area contributed by atoms with Crippen molar-refractivity contribution in [3.05, 3.63) is 47.8 Å². The van der Waals surface area contributed by atoms with Crippen molar-refractivity contribution in [1.29, 1.82) is 0 Å². The van der Waals surface area contributed by atoms with Gasteiger partial charge in [0, 0.05) is 42.2 Å². The minimum Gasteiger partial charge on any atom is -0.480 e. The molecule has 2 aromatic heterocycles. The minimum absolute atomic E-state index is 0.638. The zero-order valence-corrected chi connectivity index (χ0v) is 20.0. The molecule has 4 rings (SSSR count). The van der Waals surface area contributed by atoms with Crippen molar-refractivity contribution in [3.63, 3.8) is 0 Å². The van der Waals surface area contributed by atoms with E-state index >= 15 is 0 Å². The van der Waals surface area contributed by atoms with Gasteiger partial charge < -0.3 is 14.4 Å². The number of aromatic nitrogens is 3. The first-order valence-electron chi connectivity index (χ1n) is 10.7. The Morgan fingerprint density at radius 1 is 1.22 bits per heavy atom. The predicted octanol–water partition coefficient (Wildman–Crippen LogP) is 4.10. The molecule has 1 atom stereocenters. The maximum atomic E-state index is 11.7. The molecule has 7 nitrogen and oxygen atoms in total. The molecule has 0 spiro atoms. The number of morpholine rings is 1. The molecule has 1 unspecified atom stereocenters. The highest BCUT2D eigenvalue weighted by Crippen LogP contribution is 2.32. The Labute approximate surface area is 196 Å². The number of carbonyl (C=O) groups is 1. The lowest BCUT2D eigenvalue weighted by Crippen LogP contribution is -2.37. The first kappa shape index (κ1) is 23.1. The van der Waals surface area contributed by atoms with Gasteiger partial charge in [-0.1, -0.05) is 23.9 Å². The number of hydrogen-bond acceptors (Lipinski definition) is 7. The number of imidazole rings is 1. The monoisotopic (exact) mass is 472 g/mol. The number of nitrogens with zero attached hydrogens (tertiary/aromatic N) is 4. The normalized spacial score (nSPS) is 15.8. The number of pyridine rings is 1. The lowest BCUT2D eigenvalue weighted by atomic mass is 10.2. The van der Waals surface area contributed by atoms with Crippen LogP contribution in [0.4, 0.5) is 0 Å². The van der Waals surface area contributed by atoms with Gasteiger partial charge in [0.15, 0.2) is 5.16 Å². The van der Waals surface area contributed by atoms with Crippen LogP contribution in [-0.4, -0.2) is 69.1 Å². The van der Waals surface area contributed by atoms with Crippen molar-refractivity contribution < 1.29 is 14.6 Å². The number of aliphatic carboxylic acids is 1. The van der Waals surface area contributed by atoms with Crippen LogP contribution in [0.3, 0.4) is 0 Å². The molecule has 3 aromatic rings. The predicted molar refractivity (Wildman–Crippen MR) is 129 cm³/mol. The fraction of sp³-hybridized carbons (Fsp3) is 0.435. The Morgan fingerprint density at radius 2 is 2.00 bits per heavy atom. The Bertz CT molecular complexity index is 1080. The Hall–Kier alpha value is -2.07. The standard InChI is InChI=1S/C23H28N4O3S2/c1-16-19(24-8-7-21(16)31-14-11-26-9-12-30-13-10-26)15-32-23-25-18-5-3-4-6-20(18)27(23)17(2)22(28)29/h3-8,17H,9-15H2,1-2H3,(H,28,29). The first-order chi connectivity index (χ1) is 15.5. The maximum Gasteiger partial charge on any atom is 0.326 e. The van der Waals surface area contributed by atoms with Gasteiger partial charge in [0.2, 0.25) is 0 Å². The van der Waals surface area contributed by atoms with E-state index in [0.29, 0.717) is 10.9 Å². The first-order valence-corrected chi connectivity index (χ1v) is 12.7. The van der Waals surface area contributed by atoms with Crippen LogP contribution in [-0.2, 0) is 15.3 Å². The third-order valence-corrected chi connectivity index (χ3v) is 7.78. The SMILES string of the molecule is Cc1c(SCCN2CCOCC2)ccnc1CSc1nc2ccccc2n1C(C)C(=O)O. The van der Waals surface area contributed by atoms with E-state index in [4.69, 9.17) is 9.72 Å². The van der Waals surface area contributed by atoms with E-state index in [9.17, 15) is 9.90 Å². The molecule has 0 radical (unpaired) electrons. The average Bonchev–Trinajstić information content (AvgIpc) is 3.17. The molecule has 3 heterocycles. The summed E-state index contributed by atoms with van der Waals surface area (Å²) < 4.78 is 7.22. The molecule has 1 aromatic carbocycles. The van der Waals surface area contributed by atoms with Gasteiger partial charge in [0.1, 0.15) is 6.04 Å². The van der Waals surface area contributed by atoms with Crippen LogP contribution in [0.1, 0.15) is 24.2 Å². The molecule has 1 N–H and O–H groups in total. The number of hydrogen-bond donors (Lipinski definition) is 1. The zero-order valence-electron chi connectivity index (χ0n) is 18.4. The summed E-state index contributed by atoms with van der Waals surface area (Å²) in [4.78, 5) is 24.7. The molecule has 1 saturated heterocycles. The van der Waals surface area contributed by atoms with Crippen LogP contribution >= 0.6 is 23.5 Å². The highest BCUT2D eigenvalue weighted by molar-refractivity contribution is 7.99. The fourth-order valence-electron chi connectivity index (χ4n) is 3.71. The van der Waals surface area contributed by atoms with E-state index in [-0.39, 0.29) is 0 Å². The van der Waals surface area contributed by atoms with Crippen LogP contribution in [0, 0.1) is 6.92 Å². The summed E-state index contributed by atoms with van der Waals surface area (Å²) in [6, 6.07) is 9.05. The van der Waals surface area contributed by atoms with Crippen molar-refractivity contribution in [2.75, 3.05) is 38.6 Å². The van der Waals surface area contributed by atoms with E-state index in [1.165, 1.54) is 22.2 Å². The number of thioether (sulfide) groups is 2. The molecule has 32 heavy (non-hydrogen) atoms.